The molecular weight excluding hydrogens is 344 g/mol. The first kappa shape index (κ1) is 15.6. The highest BCUT2D eigenvalue weighted by Gasteiger charge is 2.26. The molecule has 0 saturated carbocycles. The number of nitro groups is 1. The summed E-state index contributed by atoms with van der Waals surface area (Å²) in [4.78, 5) is 29.0. The van der Waals surface area contributed by atoms with E-state index in [2.05, 4.69) is 20.9 Å². The molecule has 1 aromatic heterocycles. The van der Waals surface area contributed by atoms with Crippen LogP contribution in [0.2, 0.25) is 0 Å². The summed E-state index contributed by atoms with van der Waals surface area (Å²) in [5.74, 6) is -0.815. The summed E-state index contributed by atoms with van der Waals surface area (Å²) in [6, 6.07) is 0. The highest BCUT2D eigenvalue weighted by molar-refractivity contribution is 9.10. The molecule has 1 fully saturated rings. The van der Waals surface area contributed by atoms with E-state index in [1.54, 1.807) is 6.20 Å². The molecule has 0 aliphatic carbocycles. The van der Waals surface area contributed by atoms with Crippen molar-refractivity contribution in [2.75, 3.05) is 37.6 Å². The molecule has 21 heavy (non-hydrogen) atoms. The first-order valence-electron chi connectivity index (χ1n) is 6.46. The normalized spacial score (nSPS) is 16.0. The van der Waals surface area contributed by atoms with Crippen molar-refractivity contribution in [3.8, 4) is 0 Å². The Balaban J connectivity index is 2.06. The molecule has 0 bridgehead atoms. The van der Waals surface area contributed by atoms with Crippen molar-refractivity contribution in [1.29, 1.82) is 0 Å². The highest BCUT2D eigenvalue weighted by atomic mass is 79.9. The third-order valence-corrected chi connectivity index (χ3v) is 3.96. The second kappa shape index (κ2) is 6.81. The average Bonchev–Trinajstić information content (AvgIpc) is 2.45. The summed E-state index contributed by atoms with van der Waals surface area (Å²) in [6.45, 7) is 3.09. The molecule has 2 rings (SSSR count). The van der Waals surface area contributed by atoms with Gasteiger partial charge >= 0.3 is 11.7 Å². The van der Waals surface area contributed by atoms with Crippen LogP contribution in [-0.4, -0.2) is 58.6 Å². The number of nitrogens with zero attached hydrogens (tertiary/aromatic N) is 4. The zero-order valence-electron chi connectivity index (χ0n) is 11.2. The molecule has 1 aromatic rings. The fraction of sp³-hybridized carbons (Fsp3) is 0.500. The van der Waals surface area contributed by atoms with E-state index in [9.17, 15) is 14.9 Å². The molecule has 0 spiro atoms. The Hall–Kier alpha value is -1.74. The van der Waals surface area contributed by atoms with E-state index in [0.29, 0.717) is 42.9 Å². The van der Waals surface area contributed by atoms with E-state index < -0.39 is 10.9 Å². The van der Waals surface area contributed by atoms with Crippen LogP contribution in [0.3, 0.4) is 0 Å². The number of halogens is 1. The molecule has 0 radical (unpaired) electrons. The van der Waals surface area contributed by atoms with Gasteiger partial charge < -0.3 is 10.0 Å². The van der Waals surface area contributed by atoms with Gasteiger partial charge in [0.1, 0.15) is 11.9 Å². The largest absolute Gasteiger partial charge is 0.481 e. The van der Waals surface area contributed by atoms with Crippen LogP contribution in [0.15, 0.2) is 16.9 Å². The number of carboxylic acids is 1. The van der Waals surface area contributed by atoms with Crippen molar-refractivity contribution in [2.45, 2.75) is 6.42 Å². The van der Waals surface area contributed by atoms with Gasteiger partial charge in [-0.3, -0.25) is 24.8 Å². The van der Waals surface area contributed by atoms with Crippen molar-refractivity contribution in [1.82, 2.24) is 9.88 Å². The number of carbonyl (C=O) groups is 1. The Morgan fingerprint density at radius 2 is 2.05 bits per heavy atom. The van der Waals surface area contributed by atoms with E-state index in [0.717, 1.165) is 0 Å². The zero-order chi connectivity index (χ0) is 15.4. The van der Waals surface area contributed by atoms with Crippen molar-refractivity contribution in [3.63, 3.8) is 0 Å². The second-order valence-corrected chi connectivity index (χ2v) is 5.57. The maximum Gasteiger partial charge on any atom is 0.311 e. The number of piperazine rings is 1. The van der Waals surface area contributed by atoms with Crippen LogP contribution in [0.25, 0.3) is 0 Å². The molecule has 9 heteroatoms. The van der Waals surface area contributed by atoms with Crippen molar-refractivity contribution in [2.24, 2.45) is 0 Å². The minimum absolute atomic E-state index is 0.0247. The number of carboxylic acid groups (broad SMARTS) is 1. The van der Waals surface area contributed by atoms with E-state index in [1.165, 1.54) is 6.20 Å². The number of rotatable bonds is 5. The lowest BCUT2D eigenvalue weighted by molar-refractivity contribution is -0.384. The van der Waals surface area contributed by atoms with E-state index in [-0.39, 0.29) is 12.1 Å². The lowest BCUT2D eigenvalue weighted by Crippen LogP contribution is -2.47. The molecule has 1 aliphatic heterocycles. The summed E-state index contributed by atoms with van der Waals surface area (Å²) in [7, 11) is 0. The van der Waals surface area contributed by atoms with Crippen molar-refractivity contribution >= 4 is 33.3 Å². The Morgan fingerprint density at radius 3 is 2.62 bits per heavy atom. The Morgan fingerprint density at radius 1 is 1.38 bits per heavy atom. The number of hydrogen-bond donors (Lipinski definition) is 1. The van der Waals surface area contributed by atoms with Gasteiger partial charge in [0.2, 0.25) is 0 Å². The Bertz CT molecular complexity index is 546. The molecule has 1 N–H and O–H groups in total. The van der Waals surface area contributed by atoms with Crippen LogP contribution in [0.4, 0.5) is 11.4 Å². The highest BCUT2D eigenvalue weighted by Crippen LogP contribution is 2.35. The van der Waals surface area contributed by atoms with Crippen molar-refractivity contribution in [3.05, 3.63) is 27.0 Å². The standard InChI is InChI=1S/C12H15BrN4O4/c13-9-7-14-8-10(17(20)21)12(9)16-5-3-15(4-6-16)2-1-11(18)19/h7-8H,1-6H2,(H,18,19). The van der Waals surface area contributed by atoms with Crippen LogP contribution in [0.1, 0.15) is 6.42 Å². The Labute approximate surface area is 129 Å². The molecule has 0 amide bonds. The summed E-state index contributed by atoms with van der Waals surface area (Å²) < 4.78 is 0.593. The van der Waals surface area contributed by atoms with E-state index >= 15 is 0 Å². The van der Waals surface area contributed by atoms with Crippen LogP contribution in [0.5, 0.6) is 0 Å². The van der Waals surface area contributed by atoms with E-state index in [1.807, 2.05) is 9.80 Å². The van der Waals surface area contributed by atoms with E-state index in [4.69, 9.17) is 5.11 Å². The lowest BCUT2D eigenvalue weighted by Gasteiger charge is -2.35. The van der Waals surface area contributed by atoms with Crippen LogP contribution < -0.4 is 4.90 Å². The average molecular weight is 359 g/mol. The summed E-state index contributed by atoms with van der Waals surface area (Å²) in [5, 5.41) is 19.8. The Kier molecular flexibility index (Phi) is 5.07. The van der Waals surface area contributed by atoms with Crippen LogP contribution in [0, 0.1) is 10.1 Å². The second-order valence-electron chi connectivity index (χ2n) is 4.72. The fourth-order valence-electron chi connectivity index (χ4n) is 2.31. The summed E-state index contributed by atoms with van der Waals surface area (Å²) in [6.07, 6.45) is 2.90. The number of aromatic nitrogens is 1. The smallest absolute Gasteiger partial charge is 0.311 e. The van der Waals surface area contributed by atoms with Gasteiger partial charge in [-0.05, 0) is 15.9 Å². The topological polar surface area (TPSA) is 99.8 Å². The van der Waals surface area contributed by atoms with Gasteiger partial charge in [0.25, 0.3) is 0 Å². The first-order chi connectivity index (χ1) is 9.99. The van der Waals surface area contributed by atoms with Gasteiger partial charge in [-0.25, -0.2) is 0 Å². The molecule has 2 heterocycles. The lowest BCUT2D eigenvalue weighted by atomic mass is 10.2. The van der Waals surface area contributed by atoms with Crippen molar-refractivity contribution < 1.29 is 14.8 Å². The summed E-state index contributed by atoms with van der Waals surface area (Å²) in [5.41, 5.74) is 0.510. The van der Waals surface area contributed by atoms with Gasteiger partial charge in [-0.15, -0.1) is 0 Å². The van der Waals surface area contributed by atoms with Crippen LogP contribution in [-0.2, 0) is 4.79 Å². The maximum absolute atomic E-state index is 11.1. The minimum atomic E-state index is -0.815. The molecule has 0 atom stereocenters. The number of pyridine rings is 1. The zero-order valence-corrected chi connectivity index (χ0v) is 12.8. The molecule has 114 valence electrons. The van der Waals surface area contributed by atoms with Gasteiger partial charge in [0, 0.05) is 38.9 Å². The molecule has 1 aliphatic rings. The monoisotopic (exact) mass is 358 g/mol. The predicted octanol–water partition coefficient (Wildman–Crippen LogP) is 1.35. The molecule has 1 saturated heterocycles. The van der Waals surface area contributed by atoms with Crippen LogP contribution >= 0.6 is 15.9 Å². The number of hydrogen-bond acceptors (Lipinski definition) is 6. The van der Waals surface area contributed by atoms with Gasteiger partial charge in [0.05, 0.1) is 15.8 Å². The molecule has 0 aromatic carbocycles. The molecular formula is C12H15BrN4O4. The van der Waals surface area contributed by atoms with Gasteiger partial charge in [-0.2, -0.15) is 0 Å². The van der Waals surface area contributed by atoms with Gasteiger partial charge in [-0.1, -0.05) is 0 Å². The SMILES string of the molecule is O=C(O)CCN1CCN(c2c(Br)cncc2[N+](=O)[O-])CC1. The number of anilines is 1. The fourth-order valence-corrected chi connectivity index (χ4v) is 2.89. The third kappa shape index (κ3) is 3.88. The molecule has 8 nitrogen and oxygen atoms in total. The number of aliphatic carboxylic acids is 1. The summed E-state index contributed by atoms with van der Waals surface area (Å²) >= 11 is 3.32. The first-order valence-corrected chi connectivity index (χ1v) is 7.25. The molecule has 0 unspecified atom stereocenters. The minimum Gasteiger partial charge on any atom is -0.481 e. The third-order valence-electron chi connectivity index (χ3n) is 3.38. The quantitative estimate of drug-likeness (QED) is 0.626. The van der Waals surface area contributed by atoms with Gasteiger partial charge in [0.15, 0.2) is 0 Å². The predicted molar refractivity (Wildman–Crippen MR) is 79.5 cm³/mol. The maximum atomic E-state index is 11.1.